The summed E-state index contributed by atoms with van der Waals surface area (Å²) in [6.07, 6.45) is 6.02. The van der Waals surface area contributed by atoms with E-state index in [1.807, 2.05) is 18.2 Å². The second-order valence-electron chi connectivity index (χ2n) is 6.71. The molecule has 0 saturated heterocycles. The first-order valence-electron chi connectivity index (χ1n) is 7.36. The molecule has 0 atom stereocenters. The molecule has 0 heterocycles. The van der Waals surface area contributed by atoms with Crippen molar-refractivity contribution in [2.24, 2.45) is 5.41 Å². The highest BCUT2D eigenvalue weighted by atomic mass is 15.0. The Morgan fingerprint density at radius 2 is 1.95 bits per heavy atom. The van der Waals surface area contributed by atoms with Crippen LogP contribution >= 0.6 is 0 Å². The lowest BCUT2D eigenvalue weighted by Gasteiger charge is -2.46. The fourth-order valence-electron chi connectivity index (χ4n) is 3.42. The van der Waals surface area contributed by atoms with Crippen LogP contribution in [0, 0.1) is 16.7 Å². The Morgan fingerprint density at radius 3 is 2.47 bits per heavy atom. The Kier molecular flexibility index (Phi) is 3.11. The van der Waals surface area contributed by atoms with Gasteiger partial charge < -0.3 is 5.32 Å². The lowest BCUT2D eigenvalue weighted by atomic mass is 9.62. The van der Waals surface area contributed by atoms with E-state index in [-0.39, 0.29) is 5.41 Å². The molecule has 1 N–H and O–H groups in total. The van der Waals surface area contributed by atoms with Gasteiger partial charge in [0.25, 0.3) is 0 Å². The zero-order chi connectivity index (χ0) is 13.3. The summed E-state index contributed by atoms with van der Waals surface area (Å²) < 4.78 is 0. The second-order valence-corrected chi connectivity index (χ2v) is 6.71. The van der Waals surface area contributed by atoms with Gasteiger partial charge >= 0.3 is 0 Å². The molecule has 3 rings (SSSR count). The molecule has 0 unspecified atom stereocenters. The Hall–Kier alpha value is -1.33. The summed E-state index contributed by atoms with van der Waals surface area (Å²) in [5.41, 5.74) is 1.47. The van der Waals surface area contributed by atoms with Crippen molar-refractivity contribution in [2.45, 2.75) is 50.5 Å². The number of hydrogen-bond acceptors (Lipinski definition) is 2. The number of nitriles is 1. The summed E-state index contributed by atoms with van der Waals surface area (Å²) in [6.45, 7) is 3.49. The van der Waals surface area contributed by atoms with Crippen LogP contribution in [0.2, 0.25) is 0 Å². The largest absolute Gasteiger partial charge is 0.313 e. The normalized spacial score (nSPS) is 31.9. The lowest BCUT2D eigenvalue weighted by Crippen LogP contribution is -2.53. The lowest BCUT2D eigenvalue weighted by molar-refractivity contribution is 0.127. The summed E-state index contributed by atoms with van der Waals surface area (Å²) in [5, 5.41) is 13.2. The van der Waals surface area contributed by atoms with Crippen LogP contribution in [0.3, 0.4) is 0 Å². The average molecular weight is 254 g/mol. The van der Waals surface area contributed by atoms with E-state index in [9.17, 15) is 5.26 Å². The van der Waals surface area contributed by atoms with Crippen molar-refractivity contribution in [1.82, 2.24) is 5.32 Å². The highest BCUT2D eigenvalue weighted by molar-refractivity contribution is 5.36. The fourth-order valence-corrected chi connectivity index (χ4v) is 3.42. The van der Waals surface area contributed by atoms with Crippen molar-refractivity contribution in [2.75, 3.05) is 6.54 Å². The molecule has 2 saturated carbocycles. The molecule has 0 spiro atoms. The van der Waals surface area contributed by atoms with Crippen molar-refractivity contribution in [3.63, 3.8) is 0 Å². The third-order valence-corrected chi connectivity index (χ3v) is 5.11. The second kappa shape index (κ2) is 4.65. The van der Waals surface area contributed by atoms with Crippen LogP contribution in [0.5, 0.6) is 0 Å². The van der Waals surface area contributed by atoms with E-state index in [1.165, 1.54) is 24.8 Å². The van der Waals surface area contributed by atoms with Crippen LogP contribution in [-0.2, 0) is 5.41 Å². The van der Waals surface area contributed by atoms with Crippen molar-refractivity contribution in [3.05, 3.63) is 35.9 Å². The fraction of sp³-hybridized carbons (Fsp3) is 0.588. The minimum Gasteiger partial charge on any atom is -0.313 e. The monoisotopic (exact) mass is 254 g/mol. The number of nitrogens with zero attached hydrogens (tertiary/aromatic N) is 1. The van der Waals surface area contributed by atoms with Gasteiger partial charge in [-0.05, 0) is 36.7 Å². The Morgan fingerprint density at radius 1 is 1.26 bits per heavy atom. The van der Waals surface area contributed by atoms with Gasteiger partial charge in [-0.2, -0.15) is 5.26 Å². The minimum absolute atomic E-state index is 0.237. The minimum atomic E-state index is -0.237. The van der Waals surface area contributed by atoms with Crippen LogP contribution in [0.1, 0.15) is 44.6 Å². The highest BCUT2D eigenvalue weighted by Crippen LogP contribution is 2.45. The smallest absolute Gasteiger partial charge is 0.0852 e. The molecule has 2 aliphatic rings. The van der Waals surface area contributed by atoms with Crippen molar-refractivity contribution in [3.8, 4) is 6.07 Å². The SMILES string of the molecule is CC1(CNC2CC(C#N)(c3ccccc3)C2)CCC1. The molecule has 100 valence electrons. The van der Waals surface area contributed by atoms with E-state index >= 15 is 0 Å². The van der Waals surface area contributed by atoms with Gasteiger partial charge in [0.15, 0.2) is 0 Å². The molecule has 0 bridgehead atoms. The van der Waals surface area contributed by atoms with Gasteiger partial charge in [0.1, 0.15) is 0 Å². The Bertz CT molecular complexity index is 476. The summed E-state index contributed by atoms with van der Waals surface area (Å²) in [4.78, 5) is 0. The molecule has 2 aliphatic carbocycles. The molecule has 1 aromatic rings. The van der Waals surface area contributed by atoms with E-state index in [2.05, 4.69) is 30.4 Å². The van der Waals surface area contributed by atoms with E-state index in [0.717, 1.165) is 19.4 Å². The molecule has 19 heavy (non-hydrogen) atoms. The molecule has 0 radical (unpaired) electrons. The number of benzene rings is 1. The first-order chi connectivity index (χ1) is 9.16. The maximum Gasteiger partial charge on any atom is 0.0852 e. The van der Waals surface area contributed by atoms with Crippen LogP contribution in [0.25, 0.3) is 0 Å². The number of rotatable bonds is 4. The van der Waals surface area contributed by atoms with E-state index in [1.54, 1.807) is 0 Å². The zero-order valence-electron chi connectivity index (χ0n) is 11.7. The first-order valence-corrected chi connectivity index (χ1v) is 7.36. The molecule has 0 aliphatic heterocycles. The molecule has 2 nitrogen and oxygen atoms in total. The third kappa shape index (κ3) is 2.28. The number of hydrogen-bond donors (Lipinski definition) is 1. The predicted molar refractivity (Wildman–Crippen MR) is 76.7 cm³/mol. The Balaban J connectivity index is 1.57. The van der Waals surface area contributed by atoms with E-state index in [4.69, 9.17) is 0 Å². The summed E-state index contributed by atoms with van der Waals surface area (Å²) in [6, 6.07) is 13.3. The average Bonchev–Trinajstić information content (AvgIpc) is 2.37. The summed E-state index contributed by atoms with van der Waals surface area (Å²) in [7, 11) is 0. The van der Waals surface area contributed by atoms with Gasteiger partial charge in [-0.25, -0.2) is 0 Å². The maximum absolute atomic E-state index is 9.52. The summed E-state index contributed by atoms with van der Waals surface area (Å²) >= 11 is 0. The molecule has 1 aromatic carbocycles. The molecule has 2 heteroatoms. The van der Waals surface area contributed by atoms with Gasteiger partial charge in [-0.1, -0.05) is 43.7 Å². The maximum atomic E-state index is 9.52. The predicted octanol–water partition coefficient (Wildman–Crippen LogP) is 3.39. The van der Waals surface area contributed by atoms with Crippen LogP contribution in [0.4, 0.5) is 0 Å². The molecular formula is C17H22N2. The quantitative estimate of drug-likeness (QED) is 0.894. The van der Waals surface area contributed by atoms with Gasteiger partial charge in [-0.15, -0.1) is 0 Å². The summed E-state index contributed by atoms with van der Waals surface area (Å²) in [5.74, 6) is 0. The highest BCUT2D eigenvalue weighted by Gasteiger charge is 2.46. The molecular weight excluding hydrogens is 232 g/mol. The van der Waals surface area contributed by atoms with E-state index < -0.39 is 0 Å². The van der Waals surface area contributed by atoms with Gasteiger partial charge in [0, 0.05) is 12.6 Å². The molecule has 2 fully saturated rings. The first kappa shape index (κ1) is 12.7. The standard InChI is InChI=1S/C17H22N2/c1-16(8-5-9-16)13-19-15-10-17(11-15,12-18)14-6-3-2-4-7-14/h2-4,6-7,15,19H,5,8-11,13H2,1H3. The number of nitrogens with one attached hydrogen (secondary N) is 1. The van der Waals surface area contributed by atoms with Crippen LogP contribution in [0.15, 0.2) is 30.3 Å². The van der Waals surface area contributed by atoms with Crippen LogP contribution < -0.4 is 5.32 Å². The van der Waals surface area contributed by atoms with Crippen molar-refractivity contribution < 1.29 is 0 Å². The molecule has 0 aromatic heterocycles. The van der Waals surface area contributed by atoms with Crippen LogP contribution in [-0.4, -0.2) is 12.6 Å². The zero-order valence-corrected chi connectivity index (χ0v) is 11.7. The van der Waals surface area contributed by atoms with Gasteiger partial charge in [-0.3, -0.25) is 0 Å². The van der Waals surface area contributed by atoms with Gasteiger partial charge in [0.05, 0.1) is 11.5 Å². The van der Waals surface area contributed by atoms with Gasteiger partial charge in [0.2, 0.25) is 0 Å². The molecule has 0 amide bonds. The van der Waals surface area contributed by atoms with Crippen molar-refractivity contribution >= 4 is 0 Å². The van der Waals surface area contributed by atoms with Crippen molar-refractivity contribution in [1.29, 1.82) is 5.26 Å². The third-order valence-electron chi connectivity index (χ3n) is 5.11. The Labute approximate surface area is 115 Å². The topological polar surface area (TPSA) is 35.8 Å². The van der Waals surface area contributed by atoms with E-state index in [0.29, 0.717) is 11.5 Å².